The molecule has 17 heteroatoms. The molecule has 6 atom stereocenters. The van der Waals surface area contributed by atoms with Gasteiger partial charge in [0.15, 0.2) is 50.1 Å². The number of allylic oxidation sites excluding steroid dienone is 2. The van der Waals surface area contributed by atoms with Crippen LogP contribution < -0.4 is 14.5 Å². The molecule has 0 spiro atoms. The number of halogens is 7. The van der Waals surface area contributed by atoms with Gasteiger partial charge in [-0.25, -0.2) is 31.8 Å². The zero-order valence-corrected chi connectivity index (χ0v) is 31.3. The van der Waals surface area contributed by atoms with Crippen molar-refractivity contribution in [1.29, 1.82) is 0 Å². The summed E-state index contributed by atoms with van der Waals surface area (Å²) in [6.07, 6.45) is 0.744. The summed E-state index contributed by atoms with van der Waals surface area (Å²) in [6, 6.07) is 17.6. The lowest BCUT2D eigenvalue weighted by atomic mass is 9.56. The molecule has 3 fully saturated rings. The highest BCUT2D eigenvalue weighted by atomic mass is 35.5. The fourth-order valence-electron chi connectivity index (χ4n) is 8.96. The summed E-state index contributed by atoms with van der Waals surface area (Å²) in [7, 11) is 0. The minimum atomic E-state index is -2.81. The van der Waals surface area contributed by atoms with Crippen LogP contribution in [0.5, 0.6) is 11.5 Å². The Kier molecular flexibility index (Phi) is 8.54. The van der Waals surface area contributed by atoms with Crippen LogP contribution in [0.1, 0.15) is 31.2 Å². The number of hydrogen-bond donors (Lipinski definition) is 1. The molecule has 1 N–H and O–H groups in total. The number of benzene rings is 4. The van der Waals surface area contributed by atoms with Crippen LogP contribution in [0.15, 0.2) is 82.8 Å². The van der Waals surface area contributed by atoms with Gasteiger partial charge in [-0.15, -0.1) is 23.2 Å². The number of phenolic OH excluding ortho intramolecular Hbond substituents is 1. The normalized spacial score (nSPS) is 26.6. The first kappa shape index (κ1) is 37.8. The van der Waals surface area contributed by atoms with E-state index in [1.54, 1.807) is 43.3 Å². The molecule has 2 aliphatic heterocycles. The maximum Gasteiger partial charge on any atom is 0.258 e. The number of alkyl halides is 2. The third-order valence-electron chi connectivity index (χ3n) is 11.5. The number of phenols is 1. The third kappa shape index (κ3) is 4.92. The second-order valence-corrected chi connectivity index (χ2v) is 15.6. The van der Waals surface area contributed by atoms with Gasteiger partial charge < -0.3 is 14.3 Å². The first-order chi connectivity index (χ1) is 27.6. The Morgan fingerprint density at radius 2 is 1.50 bits per heavy atom. The summed E-state index contributed by atoms with van der Waals surface area (Å²) in [4.78, 5) is 57.3. The smallest absolute Gasteiger partial charge is 0.258 e. The van der Waals surface area contributed by atoms with Crippen molar-refractivity contribution < 1.29 is 55.4 Å². The van der Waals surface area contributed by atoms with Crippen molar-refractivity contribution in [3.05, 3.63) is 113 Å². The van der Waals surface area contributed by atoms with Crippen molar-refractivity contribution in [2.24, 2.45) is 17.8 Å². The molecule has 4 aromatic carbocycles. The standard InChI is InChI=1S/C41H26Cl2F5N3O7/c1-2-57-25-9-5-6-21(34(25)52)27-19-14-15-20-26(37(54)50(36(20)53)18-12-10-17(11-13-18)35-49-23-7-3-4-8-24(23)58-35)22(19)16-40(42)38(55)51(39(56)41(27,40)43)33-31(47)29(45)28(44)30(46)32(33)48/h3-14,20,22,26-27,52H,2,15-16H2,1H3. The summed E-state index contributed by atoms with van der Waals surface area (Å²) in [5.74, 6) is -22.5. The average molecular weight is 839 g/mol. The van der Waals surface area contributed by atoms with Crippen molar-refractivity contribution in [3.8, 4) is 23.0 Å². The number of imide groups is 2. The van der Waals surface area contributed by atoms with Crippen LogP contribution >= 0.6 is 23.2 Å². The third-order valence-corrected chi connectivity index (χ3v) is 12.9. The molecule has 296 valence electrons. The molecule has 6 unspecified atom stereocenters. The van der Waals surface area contributed by atoms with Crippen molar-refractivity contribution in [1.82, 2.24) is 4.98 Å². The second kappa shape index (κ2) is 13.1. The Hall–Kier alpha value is -5.80. The summed E-state index contributed by atoms with van der Waals surface area (Å²) in [6.45, 7) is 1.69. The molecule has 1 saturated carbocycles. The van der Waals surface area contributed by atoms with E-state index >= 15 is 8.78 Å². The summed E-state index contributed by atoms with van der Waals surface area (Å²) in [5.41, 5.74) is 0.0283. The van der Waals surface area contributed by atoms with E-state index in [9.17, 15) is 37.5 Å². The van der Waals surface area contributed by atoms with Crippen LogP contribution in [-0.4, -0.2) is 50.1 Å². The lowest BCUT2D eigenvalue weighted by Crippen LogP contribution is -2.60. The minimum absolute atomic E-state index is 0.0654. The number of oxazole rings is 1. The van der Waals surface area contributed by atoms with Gasteiger partial charge in [0.2, 0.25) is 23.5 Å². The average Bonchev–Trinajstić information content (AvgIpc) is 3.81. The molecule has 4 amide bonds. The minimum Gasteiger partial charge on any atom is -0.504 e. The zero-order valence-electron chi connectivity index (χ0n) is 29.7. The van der Waals surface area contributed by atoms with E-state index in [0.717, 1.165) is 4.90 Å². The van der Waals surface area contributed by atoms with Gasteiger partial charge in [0.25, 0.3) is 11.8 Å². The molecule has 58 heavy (non-hydrogen) atoms. The number of ether oxygens (including phenoxy) is 1. The fourth-order valence-corrected chi connectivity index (χ4v) is 9.89. The van der Waals surface area contributed by atoms with Crippen LogP contribution in [0.4, 0.5) is 33.3 Å². The number of nitrogens with zero attached hydrogens (tertiary/aromatic N) is 3. The van der Waals surface area contributed by atoms with E-state index in [1.165, 1.54) is 36.4 Å². The van der Waals surface area contributed by atoms with E-state index < -0.39 is 104 Å². The summed E-state index contributed by atoms with van der Waals surface area (Å²) >= 11 is 14.4. The highest BCUT2D eigenvalue weighted by molar-refractivity contribution is 6.58. The molecule has 9 rings (SSSR count). The van der Waals surface area contributed by atoms with Crippen molar-refractivity contribution in [2.75, 3.05) is 16.4 Å². The van der Waals surface area contributed by atoms with Gasteiger partial charge in [-0.1, -0.05) is 35.9 Å². The molecule has 1 aromatic heterocycles. The van der Waals surface area contributed by atoms with Gasteiger partial charge >= 0.3 is 0 Å². The predicted octanol–water partition coefficient (Wildman–Crippen LogP) is 8.06. The van der Waals surface area contributed by atoms with Crippen molar-refractivity contribution in [3.63, 3.8) is 0 Å². The quantitative estimate of drug-likeness (QED) is 0.0454. The number of fused-ring (bicyclic) bond motifs is 5. The molecule has 5 aromatic rings. The molecule has 10 nitrogen and oxygen atoms in total. The Morgan fingerprint density at radius 1 is 0.828 bits per heavy atom. The van der Waals surface area contributed by atoms with E-state index in [4.69, 9.17) is 32.4 Å². The van der Waals surface area contributed by atoms with Gasteiger partial charge in [0, 0.05) is 17.0 Å². The molecule has 4 aliphatic rings. The number of aromatic hydroxyl groups is 1. The van der Waals surface area contributed by atoms with Gasteiger partial charge in [-0.3, -0.25) is 24.1 Å². The number of anilines is 2. The van der Waals surface area contributed by atoms with Crippen LogP contribution in [0.3, 0.4) is 0 Å². The number of aromatic nitrogens is 1. The zero-order chi connectivity index (χ0) is 41.2. The van der Waals surface area contributed by atoms with Gasteiger partial charge in [0.05, 0.1) is 24.1 Å². The highest BCUT2D eigenvalue weighted by Crippen LogP contribution is 2.67. The van der Waals surface area contributed by atoms with Crippen molar-refractivity contribution >= 4 is 69.3 Å². The lowest BCUT2D eigenvalue weighted by molar-refractivity contribution is -0.125. The number of carbonyl (C=O) groups excluding carboxylic acids is 4. The molecule has 2 aliphatic carbocycles. The Morgan fingerprint density at radius 3 is 2.17 bits per heavy atom. The summed E-state index contributed by atoms with van der Waals surface area (Å²) < 4.78 is 85.4. The molecule has 3 heterocycles. The van der Waals surface area contributed by atoms with E-state index in [0.29, 0.717) is 22.6 Å². The molecule has 0 radical (unpaired) electrons. The Labute approximate surface area is 334 Å². The Balaban J connectivity index is 1.16. The highest BCUT2D eigenvalue weighted by Gasteiger charge is 2.77. The molecule has 0 bridgehead atoms. The monoisotopic (exact) mass is 837 g/mol. The largest absolute Gasteiger partial charge is 0.504 e. The molecular formula is C41H26Cl2F5N3O7. The van der Waals surface area contributed by atoms with Gasteiger partial charge in [-0.05, 0) is 68.1 Å². The summed E-state index contributed by atoms with van der Waals surface area (Å²) in [5, 5.41) is 11.6. The van der Waals surface area contributed by atoms with Crippen LogP contribution in [0.25, 0.3) is 22.6 Å². The predicted molar refractivity (Wildman–Crippen MR) is 198 cm³/mol. The van der Waals surface area contributed by atoms with Crippen LogP contribution in [-0.2, 0) is 19.2 Å². The number of rotatable bonds is 6. The first-order valence-corrected chi connectivity index (χ1v) is 18.7. The van der Waals surface area contributed by atoms with Gasteiger partial charge in [-0.2, -0.15) is 0 Å². The van der Waals surface area contributed by atoms with E-state index in [2.05, 4.69) is 4.98 Å². The van der Waals surface area contributed by atoms with Crippen LogP contribution in [0, 0.1) is 46.8 Å². The fraction of sp³-hybridized carbons (Fsp3) is 0.244. The first-order valence-electron chi connectivity index (χ1n) is 17.9. The maximum atomic E-state index is 15.4. The number of hydrogen-bond acceptors (Lipinski definition) is 8. The number of carbonyl (C=O) groups is 4. The molecule has 2 saturated heterocycles. The van der Waals surface area contributed by atoms with E-state index in [-0.39, 0.29) is 40.5 Å². The maximum absolute atomic E-state index is 15.4. The van der Waals surface area contributed by atoms with Crippen molar-refractivity contribution in [2.45, 2.75) is 35.4 Å². The lowest BCUT2D eigenvalue weighted by Gasteiger charge is -2.50. The van der Waals surface area contributed by atoms with Crippen LogP contribution in [0.2, 0.25) is 0 Å². The second-order valence-electron chi connectivity index (χ2n) is 14.4. The number of amides is 4. The SMILES string of the molecule is CCOc1cccc(C2C3=CCC4C(=O)N(c5ccc(-c6nc7ccccc7o6)cc5)C(=O)C4C3CC3(Cl)C(=O)N(c4c(F)c(F)c(F)c(F)c4F)C(=O)C23Cl)c1O. The topological polar surface area (TPSA) is 130 Å². The Bertz CT molecular complexity index is 2630. The van der Waals surface area contributed by atoms with E-state index in [1.807, 2.05) is 0 Å². The van der Waals surface area contributed by atoms with Gasteiger partial charge in [0.1, 0.15) is 11.2 Å². The number of para-hydroxylation sites is 3. The molecular weight excluding hydrogens is 812 g/mol.